The Labute approximate surface area is 102 Å². The molecule has 18 heavy (non-hydrogen) atoms. The van der Waals surface area contributed by atoms with Gasteiger partial charge in [-0.15, -0.1) is 0 Å². The standard InChI is InChI=1S/C11H13F3N2O2/c12-11(13,14)7-18-9-3-1-8(2-4-9)16-10(17)5-6-15/h1-4H,5-7,15H2,(H,16,17). The third-order valence-corrected chi connectivity index (χ3v) is 1.91. The van der Waals surface area contributed by atoms with E-state index >= 15 is 0 Å². The lowest BCUT2D eigenvalue weighted by Gasteiger charge is -2.10. The zero-order valence-electron chi connectivity index (χ0n) is 9.46. The Hall–Kier alpha value is -1.76. The van der Waals surface area contributed by atoms with Gasteiger partial charge in [0.05, 0.1) is 0 Å². The zero-order chi connectivity index (χ0) is 13.6. The molecule has 0 saturated carbocycles. The SMILES string of the molecule is NCCC(=O)Nc1ccc(OCC(F)(F)F)cc1. The molecule has 4 nitrogen and oxygen atoms in total. The van der Waals surface area contributed by atoms with Gasteiger partial charge < -0.3 is 15.8 Å². The minimum absolute atomic E-state index is 0.0872. The number of carbonyl (C=O) groups is 1. The number of carbonyl (C=O) groups excluding carboxylic acids is 1. The van der Waals surface area contributed by atoms with E-state index in [0.29, 0.717) is 5.69 Å². The Morgan fingerprint density at radius 2 is 1.89 bits per heavy atom. The predicted octanol–water partition coefficient (Wildman–Crippen LogP) is 1.92. The highest BCUT2D eigenvalue weighted by Crippen LogP contribution is 2.20. The van der Waals surface area contributed by atoms with Crippen molar-refractivity contribution in [3.8, 4) is 5.75 Å². The van der Waals surface area contributed by atoms with Crippen molar-refractivity contribution in [2.45, 2.75) is 12.6 Å². The van der Waals surface area contributed by atoms with Gasteiger partial charge in [-0.3, -0.25) is 4.79 Å². The van der Waals surface area contributed by atoms with E-state index in [1.54, 1.807) is 0 Å². The summed E-state index contributed by atoms with van der Waals surface area (Å²) in [5, 5.41) is 2.55. The van der Waals surface area contributed by atoms with E-state index in [2.05, 4.69) is 10.1 Å². The van der Waals surface area contributed by atoms with E-state index in [0.717, 1.165) is 0 Å². The molecule has 0 bridgehead atoms. The molecule has 0 aliphatic rings. The molecule has 100 valence electrons. The van der Waals surface area contributed by atoms with Crippen LogP contribution in [-0.2, 0) is 4.79 Å². The molecule has 0 spiro atoms. The number of nitrogens with one attached hydrogen (secondary N) is 1. The van der Waals surface area contributed by atoms with Gasteiger partial charge >= 0.3 is 6.18 Å². The first-order valence-electron chi connectivity index (χ1n) is 5.20. The Kier molecular flexibility index (Phi) is 4.96. The number of hydrogen-bond acceptors (Lipinski definition) is 3. The Morgan fingerprint density at radius 3 is 2.39 bits per heavy atom. The van der Waals surface area contributed by atoms with Gasteiger partial charge in [-0.25, -0.2) is 0 Å². The normalized spacial score (nSPS) is 11.1. The monoisotopic (exact) mass is 262 g/mol. The van der Waals surface area contributed by atoms with E-state index < -0.39 is 12.8 Å². The number of nitrogens with two attached hydrogens (primary N) is 1. The molecule has 0 atom stereocenters. The van der Waals surface area contributed by atoms with Gasteiger partial charge in [0.25, 0.3) is 0 Å². The molecule has 1 aromatic carbocycles. The number of anilines is 1. The molecular weight excluding hydrogens is 249 g/mol. The lowest BCUT2D eigenvalue weighted by atomic mass is 10.3. The summed E-state index contributed by atoms with van der Waals surface area (Å²) >= 11 is 0. The van der Waals surface area contributed by atoms with Crippen LogP contribution in [0.2, 0.25) is 0 Å². The van der Waals surface area contributed by atoms with Crippen molar-refractivity contribution in [2.75, 3.05) is 18.5 Å². The van der Waals surface area contributed by atoms with E-state index in [-0.39, 0.29) is 24.6 Å². The van der Waals surface area contributed by atoms with Crippen LogP contribution in [0.25, 0.3) is 0 Å². The van der Waals surface area contributed by atoms with Crippen molar-refractivity contribution >= 4 is 11.6 Å². The fourth-order valence-corrected chi connectivity index (χ4v) is 1.15. The molecule has 0 fully saturated rings. The van der Waals surface area contributed by atoms with Gasteiger partial charge in [0.15, 0.2) is 6.61 Å². The molecule has 7 heteroatoms. The maximum atomic E-state index is 11.9. The van der Waals surface area contributed by atoms with Crippen LogP contribution in [0.3, 0.4) is 0 Å². The van der Waals surface area contributed by atoms with Crippen molar-refractivity contribution in [1.29, 1.82) is 0 Å². The number of alkyl halides is 3. The molecule has 3 N–H and O–H groups in total. The van der Waals surface area contributed by atoms with Crippen molar-refractivity contribution < 1.29 is 22.7 Å². The zero-order valence-corrected chi connectivity index (χ0v) is 9.46. The van der Waals surface area contributed by atoms with Crippen LogP contribution in [0.5, 0.6) is 5.75 Å². The number of benzene rings is 1. The van der Waals surface area contributed by atoms with Crippen molar-refractivity contribution in [2.24, 2.45) is 5.73 Å². The smallest absolute Gasteiger partial charge is 0.422 e. The lowest BCUT2D eigenvalue weighted by molar-refractivity contribution is -0.153. The molecular formula is C11H13F3N2O2. The fourth-order valence-electron chi connectivity index (χ4n) is 1.15. The van der Waals surface area contributed by atoms with Gasteiger partial charge in [0.2, 0.25) is 5.91 Å². The summed E-state index contributed by atoms with van der Waals surface area (Å²) in [6.07, 6.45) is -4.18. The maximum absolute atomic E-state index is 11.9. The topological polar surface area (TPSA) is 64.4 Å². The molecule has 0 aromatic heterocycles. The van der Waals surface area contributed by atoms with Crippen LogP contribution >= 0.6 is 0 Å². The summed E-state index contributed by atoms with van der Waals surface area (Å²) in [6.45, 7) is -1.11. The first-order valence-corrected chi connectivity index (χ1v) is 5.20. The number of rotatable bonds is 5. The molecule has 0 saturated heterocycles. The molecule has 0 aliphatic carbocycles. The molecule has 0 unspecified atom stereocenters. The predicted molar refractivity (Wildman–Crippen MR) is 60.3 cm³/mol. The largest absolute Gasteiger partial charge is 0.484 e. The van der Waals surface area contributed by atoms with Crippen LogP contribution in [0.1, 0.15) is 6.42 Å². The second-order valence-electron chi connectivity index (χ2n) is 3.52. The van der Waals surface area contributed by atoms with Crippen LogP contribution < -0.4 is 15.8 Å². The third-order valence-electron chi connectivity index (χ3n) is 1.91. The summed E-state index contributed by atoms with van der Waals surface area (Å²) < 4.78 is 40.2. The van der Waals surface area contributed by atoms with Gasteiger partial charge in [0.1, 0.15) is 5.75 Å². The molecule has 1 rings (SSSR count). The summed E-state index contributed by atoms with van der Waals surface area (Å²) in [5.74, 6) is -0.161. The second kappa shape index (κ2) is 6.25. The van der Waals surface area contributed by atoms with Crippen molar-refractivity contribution in [1.82, 2.24) is 0 Å². The first kappa shape index (κ1) is 14.3. The van der Waals surface area contributed by atoms with Crippen molar-refractivity contribution in [3.63, 3.8) is 0 Å². The Balaban J connectivity index is 2.50. The van der Waals surface area contributed by atoms with E-state index in [4.69, 9.17) is 5.73 Å². The van der Waals surface area contributed by atoms with Crippen LogP contribution in [-0.4, -0.2) is 25.2 Å². The van der Waals surface area contributed by atoms with Gasteiger partial charge in [-0.05, 0) is 24.3 Å². The molecule has 0 radical (unpaired) electrons. The van der Waals surface area contributed by atoms with E-state index in [1.807, 2.05) is 0 Å². The van der Waals surface area contributed by atoms with Gasteiger partial charge in [-0.1, -0.05) is 0 Å². The summed E-state index contributed by atoms with van der Waals surface area (Å²) in [5.41, 5.74) is 5.68. The van der Waals surface area contributed by atoms with E-state index in [9.17, 15) is 18.0 Å². The number of ether oxygens (including phenoxy) is 1. The fraction of sp³-hybridized carbons (Fsp3) is 0.364. The number of amides is 1. The highest BCUT2D eigenvalue weighted by Gasteiger charge is 2.28. The Morgan fingerprint density at radius 1 is 1.28 bits per heavy atom. The highest BCUT2D eigenvalue weighted by molar-refractivity contribution is 5.90. The minimum Gasteiger partial charge on any atom is -0.484 e. The maximum Gasteiger partial charge on any atom is 0.422 e. The molecule has 1 amide bonds. The second-order valence-corrected chi connectivity index (χ2v) is 3.52. The molecule has 1 aromatic rings. The summed E-state index contributed by atoms with van der Waals surface area (Å²) in [7, 11) is 0. The molecule has 0 heterocycles. The van der Waals surface area contributed by atoms with Gasteiger partial charge in [-0.2, -0.15) is 13.2 Å². The van der Waals surface area contributed by atoms with Crippen LogP contribution in [0.15, 0.2) is 24.3 Å². The number of halogens is 3. The third kappa shape index (κ3) is 5.53. The van der Waals surface area contributed by atoms with Crippen LogP contribution in [0.4, 0.5) is 18.9 Å². The average Bonchev–Trinajstić information content (AvgIpc) is 2.27. The summed E-state index contributed by atoms with van der Waals surface area (Å²) in [4.78, 5) is 11.2. The highest BCUT2D eigenvalue weighted by atomic mass is 19.4. The Bertz CT molecular complexity index is 390. The molecule has 0 aliphatic heterocycles. The average molecular weight is 262 g/mol. The number of hydrogen-bond donors (Lipinski definition) is 2. The quantitative estimate of drug-likeness (QED) is 0.852. The van der Waals surface area contributed by atoms with Crippen molar-refractivity contribution in [3.05, 3.63) is 24.3 Å². The lowest BCUT2D eigenvalue weighted by Crippen LogP contribution is -2.19. The summed E-state index contributed by atoms with van der Waals surface area (Å²) in [6, 6.07) is 5.62. The van der Waals surface area contributed by atoms with Crippen LogP contribution in [0, 0.1) is 0 Å². The minimum atomic E-state index is -4.37. The van der Waals surface area contributed by atoms with E-state index in [1.165, 1.54) is 24.3 Å². The first-order chi connectivity index (χ1) is 8.40. The van der Waals surface area contributed by atoms with Gasteiger partial charge in [0, 0.05) is 18.7 Å².